The first-order chi connectivity index (χ1) is 15.5. The maximum Gasteiger partial charge on any atom is 0.232 e. The topological polar surface area (TPSA) is 73.3 Å². The summed E-state index contributed by atoms with van der Waals surface area (Å²) in [7, 11) is 5.38. The van der Waals surface area contributed by atoms with Crippen molar-refractivity contribution in [2.24, 2.45) is 5.92 Å². The molecule has 5 rings (SSSR count). The molecular weight excluding hydrogens is 408 g/mol. The molecule has 0 amide bonds. The van der Waals surface area contributed by atoms with Crippen molar-refractivity contribution < 1.29 is 24.1 Å². The van der Waals surface area contributed by atoms with E-state index in [4.69, 9.17) is 18.9 Å². The fraction of sp³-hybridized carbons (Fsp3) is 0.480. The van der Waals surface area contributed by atoms with Gasteiger partial charge in [0, 0.05) is 55.0 Å². The van der Waals surface area contributed by atoms with Crippen LogP contribution in [-0.4, -0.2) is 48.6 Å². The van der Waals surface area contributed by atoms with E-state index in [0.29, 0.717) is 12.5 Å². The van der Waals surface area contributed by atoms with E-state index in [1.54, 1.807) is 20.4 Å². The van der Waals surface area contributed by atoms with Crippen molar-refractivity contribution in [1.29, 1.82) is 0 Å². The zero-order valence-corrected chi connectivity index (χ0v) is 19.3. The molecule has 1 N–H and O–H groups in total. The smallest absolute Gasteiger partial charge is 0.232 e. The van der Waals surface area contributed by atoms with E-state index < -0.39 is 5.79 Å². The van der Waals surface area contributed by atoms with Crippen LogP contribution in [0.4, 0.5) is 0 Å². The van der Waals surface area contributed by atoms with Gasteiger partial charge in [-0.2, -0.15) is 0 Å². The second-order valence-corrected chi connectivity index (χ2v) is 8.41. The van der Waals surface area contributed by atoms with E-state index in [1.165, 1.54) is 12.1 Å². The van der Waals surface area contributed by atoms with Gasteiger partial charge in [-0.05, 0) is 31.9 Å². The van der Waals surface area contributed by atoms with Crippen molar-refractivity contribution in [2.75, 3.05) is 27.8 Å². The monoisotopic (exact) mass is 440 g/mol. The highest BCUT2D eigenvalue weighted by atomic mass is 16.7. The number of aromatic nitrogens is 1. The first kappa shape index (κ1) is 22.4. The van der Waals surface area contributed by atoms with Crippen molar-refractivity contribution >= 4 is 0 Å². The lowest BCUT2D eigenvalue weighted by molar-refractivity contribution is -0.182. The minimum atomic E-state index is -0.669. The Morgan fingerprint density at radius 2 is 1.91 bits per heavy atom. The number of aryl methyl sites for hydroxylation is 1. The van der Waals surface area contributed by atoms with Gasteiger partial charge in [0.15, 0.2) is 17.2 Å². The first-order valence-electron chi connectivity index (χ1n) is 11.0. The van der Waals surface area contributed by atoms with Crippen LogP contribution >= 0.6 is 0 Å². The molecule has 3 heterocycles. The number of pyridine rings is 1. The Balaban J connectivity index is 0.000000207. The number of hydrogen-bond acceptors (Lipinski definition) is 7. The Bertz CT molecular complexity index is 969. The molecule has 7 nitrogen and oxygen atoms in total. The Morgan fingerprint density at radius 3 is 2.56 bits per heavy atom. The molecule has 1 fully saturated rings. The number of hydrogen-bond donors (Lipinski definition) is 1. The van der Waals surface area contributed by atoms with Crippen LogP contribution in [0.1, 0.15) is 36.1 Å². The highest BCUT2D eigenvalue weighted by Gasteiger charge is 2.44. The van der Waals surface area contributed by atoms with E-state index in [9.17, 15) is 5.11 Å². The van der Waals surface area contributed by atoms with Crippen LogP contribution < -0.4 is 14.2 Å². The Labute approximate surface area is 189 Å². The summed E-state index contributed by atoms with van der Waals surface area (Å²) in [5, 5.41) is 9.47. The van der Waals surface area contributed by atoms with Crippen LogP contribution in [0.15, 0.2) is 42.2 Å². The minimum absolute atomic E-state index is 0.0404. The summed E-state index contributed by atoms with van der Waals surface area (Å²) in [5.74, 6) is 2.30. The van der Waals surface area contributed by atoms with Crippen LogP contribution in [0.2, 0.25) is 0 Å². The second-order valence-electron chi connectivity index (χ2n) is 8.41. The zero-order valence-electron chi connectivity index (χ0n) is 19.3. The van der Waals surface area contributed by atoms with E-state index in [0.717, 1.165) is 53.5 Å². The van der Waals surface area contributed by atoms with E-state index >= 15 is 0 Å². The maximum absolute atomic E-state index is 9.47. The summed E-state index contributed by atoms with van der Waals surface area (Å²) in [6.45, 7) is 3.48. The summed E-state index contributed by atoms with van der Waals surface area (Å²) in [6.07, 6.45) is 7.07. The molecule has 7 heteroatoms. The van der Waals surface area contributed by atoms with Gasteiger partial charge in [0.2, 0.25) is 5.79 Å². The molecule has 32 heavy (non-hydrogen) atoms. The number of para-hydroxylation sites is 2. The number of likely N-dealkylation sites (tertiary alicyclic amines) is 1. The fourth-order valence-electron chi connectivity index (χ4n) is 4.62. The maximum atomic E-state index is 9.47. The first-order valence-corrected chi connectivity index (χ1v) is 11.0. The lowest BCUT2D eigenvalue weighted by Gasteiger charge is -2.41. The molecule has 1 aromatic carbocycles. The van der Waals surface area contributed by atoms with Crippen molar-refractivity contribution in [2.45, 2.75) is 45.2 Å². The van der Waals surface area contributed by atoms with Crippen LogP contribution in [0, 0.1) is 12.8 Å². The molecule has 0 bridgehead atoms. The average Bonchev–Trinajstić information content (AvgIpc) is 3.19. The van der Waals surface area contributed by atoms with Crippen molar-refractivity contribution in [1.82, 2.24) is 9.88 Å². The fourth-order valence-corrected chi connectivity index (χ4v) is 4.62. The molecule has 1 aliphatic carbocycles. The van der Waals surface area contributed by atoms with Crippen molar-refractivity contribution in [3.05, 3.63) is 59.1 Å². The third-order valence-electron chi connectivity index (χ3n) is 6.48. The van der Waals surface area contributed by atoms with Crippen LogP contribution in [0.25, 0.3) is 0 Å². The summed E-state index contributed by atoms with van der Waals surface area (Å²) in [5.41, 5.74) is 3.92. The number of aliphatic hydroxyl groups is 1. The average molecular weight is 441 g/mol. The van der Waals surface area contributed by atoms with Crippen LogP contribution in [0.5, 0.6) is 17.2 Å². The number of ether oxygens (including phenoxy) is 4. The molecular formula is C25H32N2O5. The highest BCUT2D eigenvalue weighted by Crippen LogP contribution is 2.45. The van der Waals surface area contributed by atoms with Gasteiger partial charge < -0.3 is 29.0 Å². The normalized spacial score (nSPS) is 23.3. The van der Waals surface area contributed by atoms with Crippen molar-refractivity contribution in [3.63, 3.8) is 0 Å². The molecule has 0 radical (unpaired) electrons. The van der Waals surface area contributed by atoms with Gasteiger partial charge in [0.05, 0.1) is 33.1 Å². The molecule has 1 aromatic heterocycles. The Morgan fingerprint density at radius 1 is 1.19 bits per heavy atom. The van der Waals surface area contributed by atoms with Gasteiger partial charge in [0.25, 0.3) is 0 Å². The van der Waals surface area contributed by atoms with E-state index in [2.05, 4.69) is 23.0 Å². The van der Waals surface area contributed by atoms with Crippen LogP contribution in [-0.2, 0) is 18.0 Å². The SMILES string of the molecule is COc1ccccc1OC.Cc1ncc(CO)c2c1OC1(C=C3C(CCN3C)CC1)OC2. The number of fused-ring (bicyclic) bond motifs is 2. The third kappa shape index (κ3) is 4.27. The predicted octanol–water partition coefficient (Wildman–Crippen LogP) is 3.82. The van der Waals surface area contributed by atoms with Gasteiger partial charge in [-0.25, -0.2) is 0 Å². The standard InChI is InChI=1S/C17H22N2O3.C8H10O2/c1-11-16-14(13(9-20)8-18-11)10-21-17(22-16)5-3-12-4-6-19(2)15(12)7-17;1-9-7-5-3-4-6-8(7)10-2/h7-8,12,20H,3-6,9-10H2,1-2H3;3-6H,1-2H3. The second kappa shape index (κ2) is 9.38. The molecule has 2 atom stereocenters. The largest absolute Gasteiger partial charge is 0.493 e. The van der Waals surface area contributed by atoms with Gasteiger partial charge in [-0.1, -0.05) is 12.1 Å². The number of allylic oxidation sites excluding steroid dienone is 1. The zero-order chi connectivity index (χ0) is 22.7. The van der Waals surface area contributed by atoms with E-state index in [-0.39, 0.29) is 6.61 Å². The van der Waals surface area contributed by atoms with Gasteiger partial charge in [-0.15, -0.1) is 0 Å². The molecule has 172 valence electrons. The molecule has 0 saturated carbocycles. The third-order valence-corrected chi connectivity index (χ3v) is 6.48. The summed E-state index contributed by atoms with van der Waals surface area (Å²) >= 11 is 0. The molecule has 2 aromatic rings. The summed E-state index contributed by atoms with van der Waals surface area (Å²) < 4.78 is 22.4. The molecule has 3 aliphatic rings. The minimum Gasteiger partial charge on any atom is -0.493 e. The predicted molar refractivity (Wildman–Crippen MR) is 121 cm³/mol. The van der Waals surface area contributed by atoms with Gasteiger partial charge >= 0.3 is 0 Å². The quantitative estimate of drug-likeness (QED) is 0.778. The Hall–Kier alpha value is -2.77. The summed E-state index contributed by atoms with van der Waals surface area (Å²) in [6, 6.07) is 7.53. The van der Waals surface area contributed by atoms with Crippen LogP contribution in [0.3, 0.4) is 0 Å². The Kier molecular flexibility index (Phi) is 6.58. The molecule has 2 aliphatic heterocycles. The molecule has 1 spiro atoms. The number of benzene rings is 1. The highest BCUT2D eigenvalue weighted by molar-refractivity contribution is 5.43. The summed E-state index contributed by atoms with van der Waals surface area (Å²) in [4.78, 5) is 6.66. The molecule has 2 unspecified atom stereocenters. The number of rotatable bonds is 3. The lowest BCUT2D eigenvalue weighted by Crippen LogP contribution is -2.44. The number of methoxy groups -OCH3 is 2. The number of aliphatic hydroxyl groups excluding tert-OH is 1. The molecule has 1 saturated heterocycles. The van der Waals surface area contributed by atoms with Crippen molar-refractivity contribution in [3.8, 4) is 17.2 Å². The number of nitrogens with zero attached hydrogens (tertiary/aromatic N) is 2. The van der Waals surface area contributed by atoms with Gasteiger partial charge in [-0.3, -0.25) is 4.98 Å². The van der Waals surface area contributed by atoms with Gasteiger partial charge in [0.1, 0.15) is 0 Å². The van der Waals surface area contributed by atoms with E-state index in [1.807, 2.05) is 31.2 Å². The lowest BCUT2D eigenvalue weighted by atomic mass is 9.88.